The number of carbonyl (C=O) groups is 4. The zero-order chi connectivity index (χ0) is 33.7. The number of esters is 2. The Morgan fingerprint density at radius 3 is 2.34 bits per heavy atom. The van der Waals surface area contributed by atoms with Crippen LogP contribution in [0.15, 0.2) is 65.1 Å². The van der Waals surface area contributed by atoms with Gasteiger partial charge in [0.15, 0.2) is 11.1 Å². The largest absolute Gasteiger partial charge is 0.509 e. The Kier molecular flexibility index (Phi) is 8.84. The Hall–Kier alpha value is -4.28. The molecule has 2 aromatic carbocycles. The van der Waals surface area contributed by atoms with Gasteiger partial charge >= 0.3 is 11.9 Å². The fraction of sp³-hybridized carbons (Fsp3) is 0.333. The van der Waals surface area contributed by atoms with Crippen LogP contribution in [0.25, 0.3) is 0 Å². The van der Waals surface area contributed by atoms with Gasteiger partial charge in [0, 0.05) is 33.7 Å². The molecule has 2 aromatic rings. The number of ether oxygens (including phenoxy) is 2. The second-order valence-corrected chi connectivity index (χ2v) is 13.6. The van der Waals surface area contributed by atoms with Crippen molar-refractivity contribution in [1.82, 2.24) is 9.80 Å². The molecule has 0 bridgehead atoms. The van der Waals surface area contributed by atoms with Crippen LogP contribution in [0.2, 0.25) is 5.02 Å². The molecule has 0 spiro atoms. The van der Waals surface area contributed by atoms with Gasteiger partial charge in [0.1, 0.15) is 40.2 Å². The molecule has 47 heavy (non-hydrogen) atoms. The minimum Gasteiger partial charge on any atom is -0.509 e. The smallest absolute Gasteiger partial charge is 0.347 e. The number of carbonyl (C=O) groups excluding carboxylic acids is 4. The third-order valence-electron chi connectivity index (χ3n) is 8.15. The van der Waals surface area contributed by atoms with Crippen molar-refractivity contribution in [1.29, 1.82) is 0 Å². The first-order valence-electron chi connectivity index (χ1n) is 14.3. The Labute approximate surface area is 279 Å². The third kappa shape index (κ3) is 5.57. The lowest BCUT2D eigenvalue weighted by Crippen LogP contribution is -2.37. The number of thioether (sulfide) groups is 2. The van der Waals surface area contributed by atoms with Crippen molar-refractivity contribution in [3.63, 3.8) is 0 Å². The lowest BCUT2D eigenvalue weighted by molar-refractivity contribution is -0.384. The summed E-state index contributed by atoms with van der Waals surface area (Å²) in [5.74, 6) is -4.89. The second-order valence-electron chi connectivity index (χ2n) is 10.8. The van der Waals surface area contributed by atoms with E-state index in [-0.39, 0.29) is 36.1 Å². The first-order valence-corrected chi connectivity index (χ1v) is 16.6. The van der Waals surface area contributed by atoms with Gasteiger partial charge in [0.25, 0.3) is 17.5 Å². The highest BCUT2D eigenvalue weighted by Crippen LogP contribution is 2.54. The topological polar surface area (TPSA) is 177 Å². The third-order valence-corrected chi connectivity index (χ3v) is 11.4. The normalized spacial score (nSPS) is 25.0. The van der Waals surface area contributed by atoms with E-state index in [1.54, 1.807) is 6.92 Å². The number of nitro groups is 1. The molecular weight excluding hydrogens is 681 g/mol. The Balaban J connectivity index is 1.17. The van der Waals surface area contributed by atoms with E-state index in [1.807, 2.05) is 0 Å². The van der Waals surface area contributed by atoms with Crippen LogP contribution in [0.5, 0.6) is 0 Å². The molecule has 4 heterocycles. The van der Waals surface area contributed by atoms with E-state index in [2.05, 4.69) is 0 Å². The number of aliphatic hydroxyl groups excluding tert-OH is 2. The lowest BCUT2D eigenvalue weighted by atomic mass is 10.1. The number of aliphatic hydroxyl groups is 2. The number of rotatable bonds is 9. The first-order chi connectivity index (χ1) is 22.4. The zero-order valence-electron chi connectivity index (χ0n) is 24.3. The molecule has 2 amide bonds. The maximum Gasteiger partial charge on any atom is 0.347 e. The highest BCUT2D eigenvalue weighted by atomic mass is 35.5. The van der Waals surface area contributed by atoms with Crippen LogP contribution in [-0.2, 0) is 28.7 Å². The van der Waals surface area contributed by atoms with E-state index in [1.165, 1.54) is 69.7 Å². The molecule has 17 heteroatoms. The quantitative estimate of drug-likeness (QED) is 0.162. The number of halogens is 2. The van der Waals surface area contributed by atoms with E-state index in [0.717, 1.165) is 6.07 Å². The molecule has 2 saturated heterocycles. The maximum absolute atomic E-state index is 13.8. The molecule has 2 fully saturated rings. The second kappa shape index (κ2) is 12.7. The molecule has 4 aliphatic heterocycles. The van der Waals surface area contributed by atoms with Crippen molar-refractivity contribution in [2.45, 2.75) is 41.4 Å². The summed E-state index contributed by atoms with van der Waals surface area (Å²) in [6.45, 7) is 1.21. The van der Waals surface area contributed by atoms with Crippen LogP contribution in [0, 0.1) is 15.9 Å². The molecular formula is C30H25ClFN3O10S2. The van der Waals surface area contributed by atoms with Crippen molar-refractivity contribution in [2.75, 3.05) is 19.0 Å². The van der Waals surface area contributed by atoms with Crippen molar-refractivity contribution in [2.24, 2.45) is 0 Å². The van der Waals surface area contributed by atoms with E-state index < -0.39 is 85.2 Å². The predicted molar refractivity (Wildman–Crippen MR) is 167 cm³/mol. The van der Waals surface area contributed by atoms with Crippen LogP contribution in [-0.4, -0.2) is 85.0 Å². The fourth-order valence-electron chi connectivity index (χ4n) is 6.02. The Morgan fingerprint density at radius 2 is 1.68 bits per heavy atom. The summed E-state index contributed by atoms with van der Waals surface area (Å²) < 4.78 is 24.2. The standard InChI is InChI=1S/C30H25ClFN3O10S2/c1-2-44-29(40)21-24(37)22-19(47-28(34(22)26(21)39)16-8-5-14(32)11-17(16)31)9-10-45-30(41)20-23(36)18-12-46-27(33(18)25(20)38)13-3-6-15(7-4-13)35(42)43/h3-8,11,18-19,22,27-28,36-37H,2,9-10,12H2,1H3/t18?,19?,22?,27-,28-/m0/s1. The summed E-state index contributed by atoms with van der Waals surface area (Å²) in [5.41, 5.74) is -0.234. The number of nitro benzene ring substituents is 1. The van der Waals surface area contributed by atoms with E-state index >= 15 is 0 Å². The first kappa shape index (κ1) is 32.7. The van der Waals surface area contributed by atoms with Gasteiger partial charge in [-0.1, -0.05) is 17.7 Å². The highest BCUT2D eigenvalue weighted by Gasteiger charge is 2.56. The van der Waals surface area contributed by atoms with Crippen LogP contribution in [0.1, 0.15) is 35.2 Å². The molecule has 6 rings (SSSR count). The summed E-state index contributed by atoms with van der Waals surface area (Å²) >= 11 is 8.84. The predicted octanol–water partition coefficient (Wildman–Crippen LogP) is 4.49. The Bertz CT molecular complexity index is 1770. The summed E-state index contributed by atoms with van der Waals surface area (Å²) in [6.07, 6.45) is 0.0387. The summed E-state index contributed by atoms with van der Waals surface area (Å²) in [7, 11) is 0. The van der Waals surface area contributed by atoms with E-state index in [0.29, 0.717) is 11.1 Å². The average Bonchev–Trinajstić information content (AvgIpc) is 3.75. The number of non-ortho nitro benzene ring substituents is 1. The van der Waals surface area contributed by atoms with Crippen LogP contribution in [0.4, 0.5) is 10.1 Å². The molecule has 0 aromatic heterocycles. The van der Waals surface area contributed by atoms with Crippen molar-refractivity contribution in [3.8, 4) is 0 Å². The monoisotopic (exact) mass is 705 g/mol. The number of benzene rings is 2. The summed E-state index contributed by atoms with van der Waals surface area (Å²) in [5, 5.41) is 30.9. The van der Waals surface area contributed by atoms with Crippen molar-refractivity contribution in [3.05, 3.63) is 97.2 Å². The van der Waals surface area contributed by atoms with Gasteiger partial charge in [-0.3, -0.25) is 19.7 Å². The molecule has 0 aliphatic carbocycles. The molecule has 0 saturated carbocycles. The molecule has 4 aliphatic rings. The van der Waals surface area contributed by atoms with Gasteiger partial charge in [-0.05, 0) is 43.2 Å². The Morgan fingerprint density at radius 1 is 1.02 bits per heavy atom. The van der Waals surface area contributed by atoms with Crippen LogP contribution < -0.4 is 0 Å². The van der Waals surface area contributed by atoms with E-state index in [4.69, 9.17) is 21.1 Å². The summed E-state index contributed by atoms with van der Waals surface area (Å²) in [6, 6.07) is 7.48. The minimum absolute atomic E-state index is 0.0260. The van der Waals surface area contributed by atoms with Gasteiger partial charge in [-0.15, -0.1) is 23.5 Å². The van der Waals surface area contributed by atoms with E-state index in [9.17, 15) is 43.9 Å². The molecule has 13 nitrogen and oxygen atoms in total. The lowest BCUT2D eigenvalue weighted by Gasteiger charge is -2.25. The van der Waals surface area contributed by atoms with Gasteiger partial charge in [0.05, 0.1) is 18.1 Å². The zero-order valence-corrected chi connectivity index (χ0v) is 26.7. The molecule has 2 N–H and O–H groups in total. The number of nitrogens with zero attached hydrogens (tertiary/aromatic N) is 3. The SMILES string of the molecule is CCOC(=O)C1=C(O)C2C(CCOC(=O)C3=C(O)C4CS[C@@H](c5ccc([N+](=O)[O-])cc5)N4C3=O)S[C@@H](c3ccc(F)cc3Cl)N2C1=O. The number of amides is 2. The van der Waals surface area contributed by atoms with Crippen molar-refractivity contribution < 1.29 is 48.2 Å². The van der Waals surface area contributed by atoms with Crippen LogP contribution in [0.3, 0.4) is 0 Å². The van der Waals surface area contributed by atoms with Crippen LogP contribution >= 0.6 is 35.1 Å². The molecule has 0 radical (unpaired) electrons. The fourth-order valence-corrected chi connectivity index (χ4v) is 9.48. The number of hydrogen-bond donors (Lipinski definition) is 2. The van der Waals surface area contributed by atoms with Crippen molar-refractivity contribution >= 4 is 64.6 Å². The molecule has 3 unspecified atom stereocenters. The maximum atomic E-state index is 13.8. The van der Waals surface area contributed by atoms with Gasteiger partial charge in [0.2, 0.25) is 0 Å². The van der Waals surface area contributed by atoms with Gasteiger partial charge in [-0.25, -0.2) is 14.0 Å². The average molecular weight is 706 g/mol. The molecule has 5 atom stereocenters. The van der Waals surface area contributed by atoms with Gasteiger partial charge in [-0.2, -0.15) is 0 Å². The summed E-state index contributed by atoms with van der Waals surface area (Å²) in [4.78, 5) is 65.6. The van der Waals surface area contributed by atoms with Gasteiger partial charge < -0.3 is 29.5 Å². The minimum atomic E-state index is -1.07. The number of fused-ring (bicyclic) bond motifs is 2. The molecule has 246 valence electrons. The number of hydrogen-bond acceptors (Lipinski definition) is 12. The highest BCUT2D eigenvalue weighted by molar-refractivity contribution is 8.00.